The second kappa shape index (κ2) is 5.61. The van der Waals surface area contributed by atoms with Crippen molar-refractivity contribution in [2.24, 2.45) is 0 Å². The van der Waals surface area contributed by atoms with Gasteiger partial charge in [-0.2, -0.15) is 0 Å². The first-order valence-electron chi connectivity index (χ1n) is 7.48. The molecule has 0 bridgehead atoms. The zero-order chi connectivity index (χ0) is 16.7. The minimum atomic E-state index is -3.44. The van der Waals surface area contributed by atoms with Crippen LogP contribution in [0.1, 0.15) is 24.0 Å². The Morgan fingerprint density at radius 1 is 1.13 bits per heavy atom. The Balaban J connectivity index is 1.68. The maximum Gasteiger partial charge on any atom is 0.322 e. The molecule has 1 aromatic carbocycles. The Morgan fingerprint density at radius 3 is 2.26 bits per heavy atom. The van der Waals surface area contributed by atoms with Crippen molar-refractivity contribution in [2.75, 3.05) is 13.1 Å². The summed E-state index contributed by atoms with van der Waals surface area (Å²) >= 11 is 0. The smallest absolute Gasteiger partial charge is 0.322 e. The van der Waals surface area contributed by atoms with Crippen LogP contribution in [0.4, 0.5) is 4.79 Å². The number of carbonyl (C=O) groups is 2. The summed E-state index contributed by atoms with van der Waals surface area (Å²) in [5.74, 6) is -0.420. The van der Waals surface area contributed by atoms with E-state index in [9.17, 15) is 18.0 Å². The molecular formula is C15H19N3O4S. The predicted molar refractivity (Wildman–Crippen MR) is 84.0 cm³/mol. The third-order valence-corrected chi connectivity index (χ3v) is 6.30. The maximum absolute atomic E-state index is 12.5. The van der Waals surface area contributed by atoms with E-state index >= 15 is 0 Å². The number of sulfonamides is 1. The predicted octanol–water partition coefficient (Wildman–Crippen LogP) is 0.499. The van der Waals surface area contributed by atoms with Gasteiger partial charge >= 0.3 is 6.03 Å². The second-order valence-electron chi connectivity index (χ2n) is 6.13. The molecule has 2 heterocycles. The molecule has 3 amide bonds. The van der Waals surface area contributed by atoms with Gasteiger partial charge < -0.3 is 5.32 Å². The summed E-state index contributed by atoms with van der Waals surface area (Å²) in [4.78, 5) is 23.2. The van der Waals surface area contributed by atoms with Crippen LogP contribution in [0.15, 0.2) is 24.3 Å². The van der Waals surface area contributed by atoms with Gasteiger partial charge in [0.05, 0.1) is 5.75 Å². The number of carbonyl (C=O) groups excluding carboxylic acids is 2. The van der Waals surface area contributed by atoms with Crippen molar-refractivity contribution in [2.45, 2.75) is 31.1 Å². The lowest BCUT2D eigenvalue weighted by atomic mass is 9.89. The fraction of sp³-hybridized carbons (Fsp3) is 0.467. The number of rotatable bonds is 3. The van der Waals surface area contributed by atoms with Gasteiger partial charge in [-0.25, -0.2) is 17.5 Å². The quantitative estimate of drug-likeness (QED) is 0.785. The Hall–Kier alpha value is -1.93. The number of nitrogens with one attached hydrogen (secondary N) is 2. The largest absolute Gasteiger partial charge is 0.323 e. The fourth-order valence-corrected chi connectivity index (χ4v) is 4.55. The average Bonchev–Trinajstić information content (AvgIpc) is 2.76. The maximum atomic E-state index is 12.5. The van der Waals surface area contributed by atoms with Crippen molar-refractivity contribution in [1.29, 1.82) is 0 Å². The van der Waals surface area contributed by atoms with Crippen molar-refractivity contribution in [3.05, 3.63) is 35.4 Å². The number of piperidine rings is 1. The Kier molecular flexibility index (Phi) is 3.89. The van der Waals surface area contributed by atoms with Crippen molar-refractivity contribution in [3.8, 4) is 0 Å². The number of urea groups is 1. The van der Waals surface area contributed by atoms with E-state index < -0.39 is 21.6 Å². The molecule has 23 heavy (non-hydrogen) atoms. The molecule has 0 saturated carbocycles. The van der Waals surface area contributed by atoms with Gasteiger partial charge in [0.15, 0.2) is 0 Å². The average molecular weight is 337 g/mol. The molecule has 2 aliphatic rings. The number of hydrogen-bond donors (Lipinski definition) is 2. The molecule has 3 rings (SSSR count). The molecule has 7 nitrogen and oxygen atoms in total. The van der Waals surface area contributed by atoms with Crippen molar-refractivity contribution < 1.29 is 18.0 Å². The molecule has 0 aliphatic carbocycles. The van der Waals surface area contributed by atoms with E-state index in [1.54, 1.807) is 0 Å². The lowest BCUT2D eigenvalue weighted by Gasteiger charge is -2.36. The Labute approximate surface area is 135 Å². The van der Waals surface area contributed by atoms with Gasteiger partial charge in [-0.3, -0.25) is 10.1 Å². The standard InChI is InChI=1S/C15H19N3O4S/c1-11-2-4-12(5-3-11)10-23(21,22)18-8-6-15(7-9-18)13(19)16-14(20)17-15/h2-5H,6-10H2,1H3,(H2,16,17,19,20). The molecule has 2 saturated heterocycles. The van der Waals surface area contributed by atoms with Crippen LogP contribution in [0.2, 0.25) is 0 Å². The number of hydrogen-bond acceptors (Lipinski definition) is 4. The summed E-state index contributed by atoms with van der Waals surface area (Å²) in [6, 6.07) is 6.88. The number of benzene rings is 1. The van der Waals surface area contributed by atoms with E-state index in [4.69, 9.17) is 0 Å². The summed E-state index contributed by atoms with van der Waals surface area (Å²) in [6.07, 6.45) is 0.579. The van der Waals surface area contributed by atoms with E-state index in [1.807, 2.05) is 31.2 Å². The first-order chi connectivity index (χ1) is 10.8. The fourth-order valence-electron chi connectivity index (χ4n) is 3.01. The molecule has 8 heteroatoms. The molecule has 0 radical (unpaired) electrons. The van der Waals surface area contributed by atoms with Gasteiger partial charge in [0, 0.05) is 13.1 Å². The van der Waals surface area contributed by atoms with Gasteiger partial charge in [-0.15, -0.1) is 0 Å². The van der Waals surface area contributed by atoms with Crippen LogP contribution in [0.3, 0.4) is 0 Å². The monoisotopic (exact) mass is 337 g/mol. The third-order valence-electron chi connectivity index (χ3n) is 4.45. The third kappa shape index (κ3) is 3.09. The summed E-state index contributed by atoms with van der Waals surface area (Å²) in [5, 5.41) is 4.84. The molecular weight excluding hydrogens is 318 g/mol. The highest BCUT2D eigenvalue weighted by atomic mass is 32.2. The first kappa shape index (κ1) is 15.9. The van der Waals surface area contributed by atoms with Gasteiger partial charge in [-0.05, 0) is 25.3 Å². The molecule has 0 unspecified atom stereocenters. The second-order valence-corrected chi connectivity index (χ2v) is 8.10. The van der Waals surface area contributed by atoms with Crippen molar-refractivity contribution in [3.63, 3.8) is 0 Å². The van der Waals surface area contributed by atoms with E-state index in [1.165, 1.54) is 4.31 Å². The molecule has 2 aliphatic heterocycles. The van der Waals surface area contributed by atoms with Crippen LogP contribution in [-0.4, -0.2) is 43.3 Å². The summed E-state index contributed by atoms with van der Waals surface area (Å²) in [6.45, 7) is 2.40. The summed E-state index contributed by atoms with van der Waals surface area (Å²) in [7, 11) is -3.44. The zero-order valence-electron chi connectivity index (χ0n) is 12.8. The van der Waals surface area contributed by atoms with Gasteiger partial charge in [0.2, 0.25) is 10.0 Å². The number of amides is 3. The van der Waals surface area contributed by atoms with Crippen LogP contribution >= 0.6 is 0 Å². The van der Waals surface area contributed by atoms with Crippen LogP contribution < -0.4 is 10.6 Å². The topological polar surface area (TPSA) is 95.6 Å². The molecule has 2 fully saturated rings. The SMILES string of the molecule is Cc1ccc(CS(=O)(=O)N2CCC3(CC2)NC(=O)NC3=O)cc1. The minimum absolute atomic E-state index is 0.0567. The number of nitrogens with zero attached hydrogens (tertiary/aromatic N) is 1. The normalized spacial score (nSPS) is 21.3. The Morgan fingerprint density at radius 2 is 1.74 bits per heavy atom. The lowest BCUT2D eigenvalue weighted by molar-refractivity contribution is -0.125. The minimum Gasteiger partial charge on any atom is -0.323 e. The van der Waals surface area contributed by atoms with Crippen LogP contribution in [0.5, 0.6) is 0 Å². The molecule has 2 N–H and O–H groups in total. The van der Waals surface area contributed by atoms with Gasteiger partial charge in [0.1, 0.15) is 5.54 Å². The van der Waals surface area contributed by atoms with Crippen LogP contribution in [-0.2, 0) is 20.6 Å². The van der Waals surface area contributed by atoms with Gasteiger partial charge in [0.25, 0.3) is 5.91 Å². The molecule has 1 spiro atoms. The van der Waals surface area contributed by atoms with Crippen LogP contribution in [0.25, 0.3) is 0 Å². The highest BCUT2D eigenvalue weighted by Gasteiger charge is 2.49. The molecule has 0 atom stereocenters. The summed E-state index contributed by atoms with van der Waals surface area (Å²) in [5.41, 5.74) is 0.865. The highest BCUT2D eigenvalue weighted by Crippen LogP contribution is 2.27. The zero-order valence-corrected chi connectivity index (χ0v) is 13.6. The first-order valence-corrected chi connectivity index (χ1v) is 9.09. The summed E-state index contributed by atoms with van der Waals surface area (Å²) < 4.78 is 26.5. The molecule has 1 aromatic rings. The van der Waals surface area contributed by atoms with E-state index in [0.29, 0.717) is 0 Å². The van der Waals surface area contributed by atoms with E-state index in [0.717, 1.165) is 11.1 Å². The highest BCUT2D eigenvalue weighted by molar-refractivity contribution is 7.88. The molecule has 0 aromatic heterocycles. The van der Waals surface area contributed by atoms with E-state index in [2.05, 4.69) is 10.6 Å². The van der Waals surface area contributed by atoms with Crippen molar-refractivity contribution >= 4 is 22.0 Å². The van der Waals surface area contributed by atoms with Crippen LogP contribution in [0, 0.1) is 6.92 Å². The Bertz CT molecular complexity index is 734. The van der Waals surface area contributed by atoms with E-state index in [-0.39, 0.29) is 37.6 Å². The van der Waals surface area contributed by atoms with Gasteiger partial charge in [-0.1, -0.05) is 29.8 Å². The van der Waals surface area contributed by atoms with Crippen molar-refractivity contribution in [1.82, 2.24) is 14.9 Å². The molecule has 124 valence electrons. The lowest BCUT2D eigenvalue weighted by Crippen LogP contribution is -2.55. The number of imide groups is 1. The number of aryl methyl sites for hydroxylation is 1.